The number of aromatic nitrogens is 3. The molecule has 8 rings (SSSR count). The molecule has 0 amide bonds. The molecule has 0 aliphatic carbocycles. The van der Waals surface area contributed by atoms with Crippen LogP contribution in [0.2, 0.25) is 0 Å². The van der Waals surface area contributed by atoms with Crippen molar-refractivity contribution in [2.75, 3.05) is 37.7 Å². The second kappa shape index (κ2) is 9.46. The molecular weight excluding hydrogens is 526 g/mol. The normalized spacial score (nSPS) is 27.7. The summed E-state index contributed by atoms with van der Waals surface area (Å²) in [7, 11) is 0. The summed E-state index contributed by atoms with van der Waals surface area (Å²) in [4.78, 5) is 18.5. The Kier molecular flexibility index (Phi) is 5.79. The topological polar surface area (TPSA) is 86.6 Å². The van der Waals surface area contributed by atoms with Crippen LogP contribution in [0.15, 0.2) is 42.6 Å². The highest BCUT2D eigenvalue weighted by Gasteiger charge is 2.49. The highest BCUT2D eigenvalue weighted by Crippen LogP contribution is 2.42. The Morgan fingerprint density at radius 3 is 2.78 bits per heavy atom. The first kappa shape index (κ1) is 25.1. The molecule has 0 saturated carbocycles. The zero-order valence-corrected chi connectivity index (χ0v) is 22.7. The van der Waals surface area contributed by atoms with Crippen molar-refractivity contribution >= 4 is 27.5 Å². The molecule has 8 nitrogen and oxygen atoms in total. The summed E-state index contributed by atoms with van der Waals surface area (Å²) < 4.78 is 37.2. The van der Waals surface area contributed by atoms with Gasteiger partial charge in [0.2, 0.25) is 0 Å². The molecule has 4 aliphatic heterocycles. The maximum atomic E-state index is 16.6. The van der Waals surface area contributed by atoms with Gasteiger partial charge in [0.15, 0.2) is 5.82 Å². The third kappa shape index (κ3) is 4.02. The minimum absolute atomic E-state index is 0.0351. The fraction of sp³-hybridized carbons (Fsp3) is 0.452. The molecule has 4 saturated heterocycles. The lowest BCUT2D eigenvalue weighted by Crippen LogP contribution is -2.52. The summed E-state index contributed by atoms with van der Waals surface area (Å²) in [5.41, 5.74) is 0.371. The third-order valence-corrected chi connectivity index (χ3v) is 9.60. The lowest BCUT2D eigenvalue weighted by Gasteiger charge is -2.37. The van der Waals surface area contributed by atoms with Gasteiger partial charge < -0.3 is 20.1 Å². The quantitative estimate of drug-likeness (QED) is 0.368. The molecule has 2 aromatic heterocycles. The van der Waals surface area contributed by atoms with Gasteiger partial charge in [0.05, 0.1) is 10.9 Å². The fourth-order valence-corrected chi connectivity index (χ4v) is 7.73. The number of nitrogens with zero attached hydrogens (tertiary/aromatic N) is 5. The van der Waals surface area contributed by atoms with E-state index in [4.69, 9.17) is 9.72 Å². The average molecular weight is 559 g/mol. The summed E-state index contributed by atoms with van der Waals surface area (Å²) >= 11 is 0. The smallest absolute Gasteiger partial charge is 0.319 e. The minimum atomic E-state index is -0.869. The lowest BCUT2D eigenvalue weighted by atomic mass is 9.95. The van der Waals surface area contributed by atoms with Gasteiger partial charge in [0.1, 0.15) is 35.6 Å². The lowest BCUT2D eigenvalue weighted by molar-refractivity contribution is 0.107. The van der Waals surface area contributed by atoms with Gasteiger partial charge in [-0.1, -0.05) is 24.3 Å². The van der Waals surface area contributed by atoms with Crippen molar-refractivity contribution in [1.29, 1.82) is 0 Å². The molecule has 4 atom stereocenters. The summed E-state index contributed by atoms with van der Waals surface area (Å²) in [6.45, 7) is 3.22. The number of halogens is 2. The Balaban J connectivity index is 1.26. The van der Waals surface area contributed by atoms with Gasteiger partial charge >= 0.3 is 6.01 Å². The van der Waals surface area contributed by atoms with Crippen molar-refractivity contribution < 1.29 is 18.6 Å². The maximum absolute atomic E-state index is 16.6. The highest BCUT2D eigenvalue weighted by molar-refractivity contribution is 6.00. The molecule has 3 unspecified atom stereocenters. The molecule has 4 aromatic rings. The van der Waals surface area contributed by atoms with Gasteiger partial charge in [-0.3, -0.25) is 9.88 Å². The standard InChI is InChI=1S/C31H32F2N6O2/c32-19-12-31(8-3-9-38(31)16-19)17-41-30-36-28-25(29(37-30)39-20-6-7-21(39)14-34-13-20)15-35-27(26(28)33)24-11-22(40)10-18-4-1-2-5-23(18)24/h1-2,4-5,10-11,15,19-21,34,40H,3,6-9,12-14,16-17H2/t19?,20?,21?,31-/m0/s1. The van der Waals surface area contributed by atoms with Crippen LogP contribution in [0, 0.1) is 5.82 Å². The molecule has 4 fully saturated rings. The van der Waals surface area contributed by atoms with E-state index in [0.717, 1.165) is 56.1 Å². The number of piperazine rings is 1. The number of nitrogens with one attached hydrogen (secondary N) is 1. The number of rotatable bonds is 5. The van der Waals surface area contributed by atoms with Crippen molar-refractivity contribution in [2.24, 2.45) is 0 Å². The van der Waals surface area contributed by atoms with E-state index in [1.165, 1.54) is 6.07 Å². The molecule has 2 aromatic carbocycles. The van der Waals surface area contributed by atoms with Gasteiger partial charge in [0, 0.05) is 49.9 Å². The molecule has 0 radical (unpaired) electrons. The SMILES string of the molecule is Oc1cc(-c2ncc3c(N4C5CCC4CNC5)nc(OC[C@@]45CCCN4CC(F)C5)nc3c2F)c2ccccc2c1. The van der Waals surface area contributed by atoms with Crippen LogP contribution in [0.1, 0.15) is 32.1 Å². The molecular formula is C31H32F2N6O2. The van der Waals surface area contributed by atoms with Gasteiger partial charge in [-0.05, 0) is 55.1 Å². The summed E-state index contributed by atoms with van der Waals surface area (Å²) in [5.74, 6) is 0.0840. The third-order valence-electron chi connectivity index (χ3n) is 9.60. The predicted octanol–water partition coefficient (Wildman–Crippen LogP) is 4.59. The molecule has 2 bridgehead atoms. The van der Waals surface area contributed by atoms with Gasteiger partial charge in [0.25, 0.3) is 0 Å². The van der Waals surface area contributed by atoms with E-state index in [2.05, 4.69) is 25.1 Å². The Bertz CT molecular complexity index is 1650. The van der Waals surface area contributed by atoms with Gasteiger partial charge in [-0.2, -0.15) is 9.97 Å². The molecule has 2 N–H and O–H groups in total. The number of hydrogen-bond donors (Lipinski definition) is 2. The van der Waals surface area contributed by atoms with Crippen molar-refractivity contribution in [3.8, 4) is 23.0 Å². The number of aromatic hydroxyl groups is 1. The number of phenolic OH excluding ortho intramolecular Hbond substituents is 1. The number of fused-ring (bicyclic) bond motifs is 5. The van der Waals surface area contributed by atoms with E-state index in [0.29, 0.717) is 29.7 Å². The van der Waals surface area contributed by atoms with E-state index in [9.17, 15) is 9.50 Å². The van der Waals surface area contributed by atoms with Crippen LogP contribution in [-0.4, -0.2) is 81.5 Å². The van der Waals surface area contributed by atoms with Crippen LogP contribution in [-0.2, 0) is 0 Å². The van der Waals surface area contributed by atoms with Crippen LogP contribution in [0.25, 0.3) is 32.9 Å². The molecule has 212 valence electrons. The van der Waals surface area contributed by atoms with Crippen LogP contribution >= 0.6 is 0 Å². The van der Waals surface area contributed by atoms with E-state index in [1.54, 1.807) is 12.3 Å². The summed E-state index contributed by atoms with van der Waals surface area (Å²) in [6, 6.07) is 11.3. The molecule has 4 aliphatic rings. The van der Waals surface area contributed by atoms with E-state index in [1.807, 2.05) is 24.3 Å². The largest absolute Gasteiger partial charge is 0.508 e. The zero-order valence-electron chi connectivity index (χ0n) is 22.7. The number of pyridine rings is 1. The molecule has 6 heterocycles. The Hall–Kier alpha value is -3.63. The van der Waals surface area contributed by atoms with E-state index in [-0.39, 0.29) is 47.2 Å². The van der Waals surface area contributed by atoms with E-state index >= 15 is 4.39 Å². The predicted molar refractivity (Wildman–Crippen MR) is 153 cm³/mol. The number of alkyl halides is 1. The summed E-state index contributed by atoms with van der Waals surface area (Å²) in [5, 5.41) is 16.0. The zero-order chi connectivity index (χ0) is 27.7. The summed E-state index contributed by atoms with van der Waals surface area (Å²) in [6.07, 6.45) is 5.13. The first-order chi connectivity index (χ1) is 20.0. The van der Waals surface area contributed by atoms with Gasteiger partial charge in [-0.15, -0.1) is 0 Å². The van der Waals surface area contributed by atoms with Crippen LogP contribution in [0.3, 0.4) is 0 Å². The van der Waals surface area contributed by atoms with Crippen molar-refractivity contribution in [3.05, 3.63) is 48.4 Å². The number of ether oxygens (including phenoxy) is 1. The van der Waals surface area contributed by atoms with Crippen molar-refractivity contribution in [1.82, 2.24) is 25.2 Å². The molecule has 10 heteroatoms. The second-order valence-electron chi connectivity index (χ2n) is 12.0. The number of anilines is 1. The first-order valence-corrected chi connectivity index (χ1v) is 14.6. The monoisotopic (exact) mass is 558 g/mol. The fourth-order valence-electron chi connectivity index (χ4n) is 7.73. The van der Waals surface area contributed by atoms with Gasteiger partial charge in [-0.25, -0.2) is 8.78 Å². The van der Waals surface area contributed by atoms with Crippen molar-refractivity contribution in [2.45, 2.75) is 55.9 Å². The Morgan fingerprint density at radius 2 is 1.93 bits per heavy atom. The number of benzene rings is 2. The molecule has 41 heavy (non-hydrogen) atoms. The van der Waals surface area contributed by atoms with Crippen LogP contribution in [0.5, 0.6) is 11.8 Å². The van der Waals surface area contributed by atoms with E-state index < -0.39 is 12.0 Å². The molecule has 0 spiro atoms. The number of phenols is 1. The highest BCUT2D eigenvalue weighted by atomic mass is 19.1. The number of hydrogen-bond acceptors (Lipinski definition) is 8. The Morgan fingerprint density at radius 1 is 1.10 bits per heavy atom. The van der Waals surface area contributed by atoms with Crippen LogP contribution in [0.4, 0.5) is 14.6 Å². The first-order valence-electron chi connectivity index (χ1n) is 14.6. The Labute approximate surface area is 236 Å². The second-order valence-corrected chi connectivity index (χ2v) is 12.0. The minimum Gasteiger partial charge on any atom is -0.508 e. The average Bonchev–Trinajstić information content (AvgIpc) is 3.58. The van der Waals surface area contributed by atoms with Crippen molar-refractivity contribution in [3.63, 3.8) is 0 Å². The maximum Gasteiger partial charge on any atom is 0.319 e. The van der Waals surface area contributed by atoms with Crippen LogP contribution < -0.4 is 15.0 Å².